The van der Waals surface area contributed by atoms with E-state index in [4.69, 9.17) is 10.0 Å². The quantitative estimate of drug-likeness (QED) is 0.368. The van der Waals surface area contributed by atoms with Crippen molar-refractivity contribution in [2.75, 3.05) is 7.11 Å². The Hall–Kier alpha value is -1.33. The molecule has 4 nitrogen and oxygen atoms in total. The van der Waals surface area contributed by atoms with E-state index in [1.165, 1.54) is 13.3 Å². The van der Waals surface area contributed by atoms with Gasteiger partial charge in [-0.2, -0.15) is 0 Å². The monoisotopic (exact) mass is 179 g/mol. The normalized spacial score (nSPS) is 10.4. The molecule has 0 aliphatic carbocycles. The van der Waals surface area contributed by atoms with Gasteiger partial charge in [-0.05, 0) is 11.0 Å². The second-order valence-corrected chi connectivity index (χ2v) is 2.42. The molecule has 0 aliphatic rings. The Kier molecular flexibility index (Phi) is 3.48. The Morgan fingerprint density at radius 3 is 2.69 bits per heavy atom. The Morgan fingerprint density at radius 1 is 1.38 bits per heavy atom. The number of rotatable bonds is 3. The van der Waals surface area contributed by atoms with Gasteiger partial charge in [0.05, 0.1) is 6.21 Å². The van der Waals surface area contributed by atoms with Crippen LogP contribution in [-0.4, -0.2) is 30.5 Å². The van der Waals surface area contributed by atoms with Crippen LogP contribution in [-0.2, 0) is 4.84 Å². The summed E-state index contributed by atoms with van der Waals surface area (Å²) in [6.45, 7) is 0. The summed E-state index contributed by atoms with van der Waals surface area (Å²) in [6.07, 6.45) is 1.43. The van der Waals surface area contributed by atoms with Gasteiger partial charge < -0.3 is 14.9 Å². The lowest BCUT2D eigenvalue weighted by molar-refractivity contribution is 0.215. The van der Waals surface area contributed by atoms with Crippen LogP contribution < -0.4 is 5.46 Å². The minimum absolute atomic E-state index is 0.406. The average Bonchev–Trinajstić information content (AvgIpc) is 2.15. The Balaban J connectivity index is 2.97. The maximum absolute atomic E-state index is 8.96. The molecule has 5 heteroatoms. The largest absolute Gasteiger partial charge is 0.489 e. The van der Waals surface area contributed by atoms with Gasteiger partial charge >= 0.3 is 7.12 Å². The van der Waals surface area contributed by atoms with Gasteiger partial charge in [-0.1, -0.05) is 29.4 Å². The van der Waals surface area contributed by atoms with Gasteiger partial charge in [0, 0.05) is 0 Å². The number of nitrogens with zero attached hydrogens (tertiary/aromatic N) is 1. The molecule has 13 heavy (non-hydrogen) atoms. The van der Waals surface area contributed by atoms with Crippen molar-refractivity contribution in [2.45, 2.75) is 0 Å². The highest BCUT2D eigenvalue weighted by Crippen LogP contribution is 1.93. The molecule has 68 valence electrons. The third-order valence-electron chi connectivity index (χ3n) is 1.57. The van der Waals surface area contributed by atoms with E-state index in [0.29, 0.717) is 11.0 Å². The van der Waals surface area contributed by atoms with Crippen molar-refractivity contribution in [2.24, 2.45) is 5.16 Å². The molecule has 2 N–H and O–H groups in total. The van der Waals surface area contributed by atoms with Crippen LogP contribution in [0, 0.1) is 0 Å². The molecule has 1 rings (SSSR count). The van der Waals surface area contributed by atoms with E-state index in [1.54, 1.807) is 24.3 Å². The highest BCUT2D eigenvalue weighted by Gasteiger charge is 2.13. The Bertz CT molecular complexity index is 301. The smallest absolute Gasteiger partial charge is 0.423 e. The fraction of sp³-hybridized carbons (Fsp3) is 0.125. The highest BCUT2D eigenvalue weighted by molar-refractivity contribution is 6.60. The predicted octanol–water partition coefficient (Wildman–Crippen LogP) is -0.653. The highest BCUT2D eigenvalue weighted by atomic mass is 16.6. The first-order valence-electron chi connectivity index (χ1n) is 3.77. The number of benzene rings is 1. The van der Waals surface area contributed by atoms with E-state index in [9.17, 15) is 0 Å². The molecule has 0 aliphatic heterocycles. The molecule has 0 aromatic heterocycles. The summed E-state index contributed by atoms with van der Waals surface area (Å²) in [5.74, 6) is 0. The van der Waals surface area contributed by atoms with Crippen LogP contribution in [0.3, 0.4) is 0 Å². The third kappa shape index (κ3) is 2.57. The van der Waals surface area contributed by atoms with Crippen molar-refractivity contribution in [3.05, 3.63) is 29.8 Å². The molecule has 0 heterocycles. The first-order chi connectivity index (χ1) is 6.25. The Labute approximate surface area is 76.6 Å². The van der Waals surface area contributed by atoms with Crippen LogP contribution in [0.5, 0.6) is 0 Å². The molecular formula is C8H10BNO3. The van der Waals surface area contributed by atoms with Crippen molar-refractivity contribution < 1.29 is 14.9 Å². The molecular weight excluding hydrogens is 169 g/mol. The van der Waals surface area contributed by atoms with Gasteiger partial charge in [0.15, 0.2) is 0 Å². The standard InChI is InChI=1S/C8H10BNO3/c1-13-10-6-7-4-2-3-5-8(7)9(11)12/h2-6,11-12H,1H3/b10-6+. The zero-order valence-corrected chi connectivity index (χ0v) is 7.21. The Morgan fingerprint density at radius 2 is 2.08 bits per heavy atom. The lowest BCUT2D eigenvalue weighted by Crippen LogP contribution is -2.32. The van der Waals surface area contributed by atoms with Gasteiger partial charge in [0.25, 0.3) is 0 Å². The van der Waals surface area contributed by atoms with E-state index in [1.807, 2.05) is 0 Å². The first-order valence-corrected chi connectivity index (χ1v) is 3.77. The van der Waals surface area contributed by atoms with E-state index < -0.39 is 7.12 Å². The van der Waals surface area contributed by atoms with Crippen molar-refractivity contribution in [1.29, 1.82) is 0 Å². The zero-order valence-electron chi connectivity index (χ0n) is 7.21. The molecule has 0 fully saturated rings. The summed E-state index contributed by atoms with van der Waals surface area (Å²) in [7, 11) is -0.0615. The van der Waals surface area contributed by atoms with E-state index >= 15 is 0 Å². The van der Waals surface area contributed by atoms with Crippen molar-refractivity contribution >= 4 is 18.8 Å². The minimum atomic E-state index is -1.49. The fourth-order valence-corrected chi connectivity index (χ4v) is 0.973. The molecule has 0 saturated carbocycles. The second-order valence-electron chi connectivity index (χ2n) is 2.42. The third-order valence-corrected chi connectivity index (χ3v) is 1.57. The predicted molar refractivity (Wildman–Crippen MR) is 50.9 cm³/mol. The number of hydrogen-bond acceptors (Lipinski definition) is 4. The van der Waals surface area contributed by atoms with Gasteiger partial charge in [-0.15, -0.1) is 0 Å². The van der Waals surface area contributed by atoms with Crippen molar-refractivity contribution in [3.8, 4) is 0 Å². The van der Waals surface area contributed by atoms with Crippen LogP contribution in [0.15, 0.2) is 29.4 Å². The minimum Gasteiger partial charge on any atom is -0.423 e. The molecule has 0 saturated heterocycles. The van der Waals surface area contributed by atoms with Crippen LogP contribution in [0.2, 0.25) is 0 Å². The summed E-state index contributed by atoms with van der Waals surface area (Å²) >= 11 is 0. The molecule has 0 atom stereocenters. The number of hydrogen-bond donors (Lipinski definition) is 2. The molecule has 0 bridgehead atoms. The van der Waals surface area contributed by atoms with Crippen molar-refractivity contribution in [1.82, 2.24) is 0 Å². The van der Waals surface area contributed by atoms with E-state index in [0.717, 1.165) is 0 Å². The summed E-state index contributed by atoms with van der Waals surface area (Å²) in [5, 5.41) is 21.5. The van der Waals surface area contributed by atoms with Gasteiger partial charge in [0.1, 0.15) is 7.11 Å². The molecule has 1 aromatic carbocycles. The summed E-state index contributed by atoms with van der Waals surface area (Å²) in [6, 6.07) is 6.83. The van der Waals surface area contributed by atoms with Crippen molar-refractivity contribution in [3.63, 3.8) is 0 Å². The molecule has 0 spiro atoms. The van der Waals surface area contributed by atoms with Gasteiger partial charge in [-0.3, -0.25) is 0 Å². The van der Waals surface area contributed by atoms with Crippen LogP contribution in [0.25, 0.3) is 0 Å². The topological polar surface area (TPSA) is 62.0 Å². The average molecular weight is 179 g/mol. The summed E-state index contributed by atoms with van der Waals surface area (Å²) < 4.78 is 0. The zero-order chi connectivity index (χ0) is 9.68. The number of oxime groups is 1. The molecule has 0 unspecified atom stereocenters. The summed E-state index contributed by atoms with van der Waals surface area (Å²) in [4.78, 5) is 4.49. The van der Waals surface area contributed by atoms with E-state index in [-0.39, 0.29) is 0 Å². The molecule has 0 amide bonds. The van der Waals surface area contributed by atoms with Crippen LogP contribution >= 0.6 is 0 Å². The first kappa shape index (κ1) is 9.76. The maximum Gasteiger partial charge on any atom is 0.489 e. The van der Waals surface area contributed by atoms with E-state index in [2.05, 4.69) is 9.99 Å². The van der Waals surface area contributed by atoms with Gasteiger partial charge in [-0.25, -0.2) is 0 Å². The van der Waals surface area contributed by atoms with Crippen LogP contribution in [0.1, 0.15) is 5.56 Å². The van der Waals surface area contributed by atoms with Crippen LogP contribution in [0.4, 0.5) is 0 Å². The lowest BCUT2D eigenvalue weighted by atomic mass is 9.77. The van der Waals surface area contributed by atoms with Gasteiger partial charge in [0.2, 0.25) is 0 Å². The second kappa shape index (κ2) is 4.64. The molecule has 1 aromatic rings. The lowest BCUT2D eigenvalue weighted by Gasteiger charge is -2.02. The molecule has 0 radical (unpaired) electrons. The SMILES string of the molecule is CO/N=C/c1ccccc1B(O)O. The summed E-state index contributed by atoms with van der Waals surface area (Å²) in [5.41, 5.74) is 1.03. The fourth-order valence-electron chi connectivity index (χ4n) is 0.973. The maximum atomic E-state index is 8.96.